The third-order valence-electron chi connectivity index (χ3n) is 5.00. The summed E-state index contributed by atoms with van der Waals surface area (Å²) in [6, 6.07) is 4.04. The summed E-state index contributed by atoms with van der Waals surface area (Å²) in [6.07, 6.45) is 3.27. The Labute approximate surface area is 180 Å². The molecule has 31 heavy (non-hydrogen) atoms. The lowest BCUT2D eigenvalue weighted by atomic mass is 9.93. The number of nitrogens with zero attached hydrogens (tertiary/aromatic N) is 1. The maximum Gasteiger partial charge on any atom is 0.341 e. The lowest BCUT2D eigenvalue weighted by Gasteiger charge is -2.23. The fourth-order valence-electron chi connectivity index (χ4n) is 3.28. The molecule has 1 aromatic rings. The van der Waals surface area contributed by atoms with Crippen LogP contribution in [0.4, 0.5) is 0 Å². The van der Waals surface area contributed by atoms with Gasteiger partial charge in [-0.15, -0.1) is 0 Å². The second kappa shape index (κ2) is 11.9. The summed E-state index contributed by atoms with van der Waals surface area (Å²) in [6.45, 7) is 0.456. The molecule has 1 aliphatic heterocycles. The molecule has 170 valence electrons. The Morgan fingerprint density at radius 2 is 1.65 bits per heavy atom. The average Bonchev–Trinajstić information content (AvgIpc) is 2.75. The van der Waals surface area contributed by atoms with E-state index in [1.54, 1.807) is 7.05 Å². The molecule has 2 rings (SSSR count). The van der Waals surface area contributed by atoms with Crippen LogP contribution in [-0.2, 0) is 14.4 Å². The lowest BCUT2D eigenvalue weighted by molar-refractivity contribution is -0.140. The molecule has 3 N–H and O–H groups in total. The molecule has 10 heteroatoms. The number of nitrogens with one attached hydrogen (secondary N) is 1. The van der Waals surface area contributed by atoms with Crippen molar-refractivity contribution in [3.8, 4) is 11.5 Å². The minimum atomic E-state index is -1.24. The van der Waals surface area contributed by atoms with Gasteiger partial charge in [-0.25, -0.2) is 9.59 Å². The highest BCUT2D eigenvalue weighted by molar-refractivity contribution is 5.99. The fourth-order valence-corrected chi connectivity index (χ4v) is 3.28. The lowest BCUT2D eigenvalue weighted by Crippen LogP contribution is -2.33. The third-order valence-corrected chi connectivity index (χ3v) is 5.00. The van der Waals surface area contributed by atoms with Gasteiger partial charge in [-0.2, -0.15) is 0 Å². The third kappa shape index (κ3) is 8.25. The van der Waals surface area contributed by atoms with E-state index in [-0.39, 0.29) is 35.3 Å². The summed E-state index contributed by atoms with van der Waals surface area (Å²) in [5, 5.41) is 20.8. The van der Waals surface area contributed by atoms with E-state index in [1.807, 2.05) is 0 Å². The van der Waals surface area contributed by atoms with Crippen LogP contribution in [0.3, 0.4) is 0 Å². The smallest absolute Gasteiger partial charge is 0.341 e. The Morgan fingerprint density at radius 1 is 1.03 bits per heavy atom. The Balaban J connectivity index is 1.98. The van der Waals surface area contributed by atoms with Gasteiger partial charge in [0.05, 0.1) is 6.54 Å². The molecule has 0 aliphatic carbocycles. The molecule has 0 radical (unpaired) electrons. The number of aliphatic carboxylic acids is 2. The van der Waals surface area contributed by atoms with Crippen LogP contribution in [0, 0.1) is 5.92 Å². The molecule has 1 heterocycles. The van der Waals surface area contributed by atoms with Crippen molar-refractivity contribution < 1.29 is 38.9 Å². The topological polar surface area (TPSA) is 142 Å². The number of benzene rings is 1. The van der Waals surface area contributed by atoms with Gasteiger partial charge in [-0.1, -0.05) is 0 Å². The Morgan fingerprint density at radius 3 is 2.26 bits per heavy atom. The van der Waals surface area contributed by atoms with Crippen LogP contribution in [0.15, 0.2) is 18.2 Å². The molecule has 0 aromatic heterocycles. The van der Waals surface area contributed by atoms with Gasteiger partial charge in [0, 0.05) is 19.0 Å². The highest BCUT2D eigenvalue weighted by Gasteiger charge is 2.19. The number of Topliss-reactive ketones (excluding diaryl/α,β-unsaturated/α-hetero) is 1. The summed E-state index contributed by atoms with van der Waals surface area (Å²) in [5.74, 6) is -2.46. The van der Waals surface area contributed by atoms with Crippen molar-refractivity contribution in [3.63, 3.8) is 0 Å². The summed E-state index contributed by atoms with van der Waals surface area (Å²) >= 11 is 0. The van der Waals surface area contributed by atoms with E-state index in [9.17, 15) is 19.2 Å². The molecule has 1 aromatic carbocycles. The fraction of sp³-hybridized carbons (Fsp3) is 0.524. The highest BCUT2D eigenvalue weighted by Crippen LogP contribution is 2.29. The molecule has 1 fully saturated rings. The number of hydrogen-bond donors (Lipinski definition) is 3. The summed E-state index contributed by atoms with van der Waals surface area (Å²) in [5.41, 5.74) is 0.195. The zero-order valence-electron chi connectivity index (χ0n) is 17.5. The van der Waals surface area contributed by atoms with Gasteiger partial charge in [-0.05, 0) is 56.5 Å². The van der Waals surface area contributed by atoms with Crippen molar-refractivity contribution in [1.82, 2.24) is 10.2 Å². The van der Waals surface area contributed by atoms with Crippen LogP contribution in [0.2, 0.25) is 0 Å². The standard InChI is InChI=1S/C21H28N2O8/c1-23(19(25)5-2-14-6-8-22-9-7-14)11-16(24)15-3-4-17(30-12-20(26)27)18(10-15)31-13-21(28)29/h3-4,10,14,22H,2,5-9,11-13H2,1H3,(H,26,27)(H,28,29). The van der Waals surface area contributed by atoms with Crippen LogP contribution in [-0.4, -0.2) is 78.6 Å². The Hall–Kier alpha value is -3.14. The monoisotopic (exact) mass is 436 g/mol. The second-order valence-electron chi connectivity index (χ2n) is 7.43. The number of carbonyl (C=O) groups is 4. The van der Waals surface area contributed by atoms with E-state index in [0.29, 0.717) is 12.3 Å². The van der Waals surface area contributed by atoms with Gasteiger partial charge >= 0.3 is 11.9 Å². The molecule has 10 nitrogen and oxygen atoms in total. The number of ketones is 1. The number of carboxylic acids is 2. The van der Waals surface area contributed by atoms with Gasteiger partial charge in [0.2, 0.25) is 5.91 Å². The average molecular weight is 436 g/mol. The predicted octanol–water partition coefficient (Wildman–Crippen LogP) is 1.03. The minimum absolute atomic E-state index is 0.00611. The first kappa shape index (κ1) is 24.1. The van der Waals surface area contributed by atoms with Crippen molar-refractivity contribution in [3.05, 3.63) is 23.8 Å². The summed E-state index contributed by atoms with van der Waals surface area (Å²) in [7, 11) is 1.56. The molecule has 0 bridgehead atoms. The van der Waals surface area contributed by atoms with Crippen LogP contribution in [0.25, 0.3) is 0 Å². The van der Waals surface area contributed by atoms with Crippen molar-refractivity contribution in [1.29, 1.82) is 0 Å². The number of amides is 1. The Kier molecular flexibility index (Phi) is 9.26. The van der Waals surface area contributed by atoms with E-state index in [0.717, 1.165) is 32.4 Å². The van der Waals surface area contributed by atoms with Gasteiger partial charge in [0.1, 0.15) is 0 Å². The molecular weight excluding hydrogens is 408 g/mol. The van der Waals surface area contributed by atoms with E-state index < -0.39 is 25.2 Å². The van der Waals surface area contributed by atoms with E-state index in [4.69, 9.17) is 19.7 Å². The van der Waals surface area contributed by atoms with Gasteiger partial charge in [-0.3, -0.25) is 9.59 Å². The van der Waals surface area contributed by atoms with Crippen molar-refractivity contribution >= 4 is 23.6 Å². The number of hydrogen-bond acceptors (Lipinski definition) is 7. The minimum Gasteiger partial charge on any atom is -0.479 e. The molecule has 1 amide bonds. The van der Waals surface area contributed by atoms with Crippen LogP contribution >= 0.6 is 0 Å². The Bertz CT molecular complexity index is 805. The highest BCUT2D eigenvalue weighted by atomic mass is 16.5. The molecule has 0 saturated carbocycles. The van der Waals surface area contributed by atoms with Crippen molar-refractivity contribution in [2.45, 2.75) is 25.7 Å². The number of carbonyl (C=O) groups excluding carboxylic acids is 2. The first-order valence-electron chi connectivity index (χ1n) is 10.1. The van der Waals surface area contributed by atoms with E-state index in [2.05, 4.69) is 5.32 Å². The van der Waals surface area contributed by atoms with Gasteiger partial charge < -0.3 is 29.9 Å². The zero-order valence-corrected chi connectivity index (χ0v) is 17.5. The molecule has 1 saturated heterocycles. The number of carboxylic acid groups (broad SMARTS) is 2. The largest absolute Gasteiger partial charge is 0.479 e. The number of rotatable bonds is 12. The molecule has 1 aliphatic rings. The predicted molar refractivity (Wildman–Crippen MR) is 109 cm³/mol. The number of likely N-dealkylation sites (N-methyl/N-ethyl adjacent to an activating group) is 1. The first-order valence-corrected chi connectivity index (χ1v) is 10.1. The quantitative estimate of drug-likeness (QED) is 0.409. The molecule has 0 atom stereocenters. The summed E-state index contributed by atoms with van der Waals surface area (Å²) < 4.78 is 10.2. The SMILES string of the molecule is CN(CC(=O)c1ccc(OCC(=O)O)c(OCC(=O)O)c1)C(=O)CCC1CCNCC1. The van der Waals surface area contributed by atoms with E-state index >= 15 is 0 Å². The van der Waals surface area contributed by atoms with Crippen LogP contribution in [0.1, 0.15) is 36.0 Å². The van der Waals surface area contributed by atoms with Crippen LogP contribution in [0.5, 0.6) is 11.5 Å². The number of piperidine rings is 1. The maximum absolute atomic E-state index is 12.6. The molecule has 0 unspecified atom stereocenters. The van der Waals surface area contributed by atoms with Crippen molar-refractivity contribution in [2.24, 2.45) is 5.92 Å². The van der Waals surface area contributed by atoms with Crippen LogP contribution < -0.4 is 14.8 Å². The van der Waals surface area contributed by atoms with Gasteiger partial charge in [0.15, 0.2) is 30.5 Å². The van der Waals surface area contributed by atoms with Gasteiger partial charge in [0.25, 0.3) is 0 Å². The molecular formula is C21H28N2O8. The first-order chi connectivity index (χ1) is 14.8. The maximum atomic E-state index is 12.6. The zero-order chi connectivity index (χ0) is 22.8. The summed E-state index contributed by atoms with van der Waals surface area (Å²) in [4.78, 5) is 47.9. The second-order valence-corrected chi connectivity index (χ2v) is 7.43. The van der Waals surface area contributed by atoms with E-state index in [1.165, 1.54) is 23.1 Å². The van der Waals surface area contributed by atoms with Crippen molar-refractivity contribution in [2.75, 3.05) is 39.9 Å². The molecule has 0 spiro atoms. The number of ether oxygens (including phenoxy) is 2. The normalized spacial score (nSPS) is 14.0.